The Labute approximate surface area is 136 Å². The maximum absolute atomic E-state index is 13.2. The molecule has 1 atom stereocenters. The van der Waals surface area contributed by atoms with Crippen molar-refractivity contribution in [3.05, 3.63) is 23.7 Å². The van der Waals surface area contributed by atoms with Crippen LogP contribution in [0.15, 0.2) is 12.3 Å². The van der Waals surface area contributed by atoms with E-state index < -0.39 is 24.0 Å². The summed E-state index contributed by atoms with van der Waals surface area (Å²) in [6, 6.07) is -0.367. The van der Waals surface area contributed by atoms with Crippen LogP contribution in [0, 0.1) is 12.8 Å². The SMILES string of the molecule is CNc1nc(C)nc2c(C(=O)NC(C3CCC3)C(F)(F)F)ccn12. The molecular formula is C15H18F3N5O. The van der Waals surface area contributed by atoms with Crippen molar-refractivity contribution < 1.29 is 18.0 Å². The number of rotatable bonds is 4. The molecular weight excluding hydrogens is 323 g/mol. The number of aromatic nitrogens is 3. The highest BCUT2D eigenvalue weighted by Crippen LogP contribution is 2.37. The normalized spacial score (nSPS) is 16.7. The van der Waals surface area contributed by atoms with Gasteiger partial charge in [-0.25, -0.2) is 4.98 Å². The van der Waals surface area contributed by atoms with Crippen LogP contribution in [0.4, 0.5) is 19.1 Å². The van der Waals surface area contributed by atoms with Crippen molar-refractivity contribution >= 4 is 17.5 Å². The van der Waals surface area contributed by atoms with Crippen molar-refractivity contribution in [3.8, 4) is 0 Å². The second kappa shape index (κ2) is 5.95. The van der Waals surface area contributed by atoms with Crippen LogP contribution in [0.2, 0.25) is 0 Å². The van der Waals surface area contributed by atoms with Crippen LogP contribution >= 0.6 is 0 Å². The number of hydrogen-bond acceptors (Lipinski definition) is 4. The number of carbonyl (C=O) groups is 1. The maximum atomic E-state index is 13.2. The third-order valence-electron chi connectivity index (χ3n) is 4.35. The number of nitrogens with zero attached hydrogens (tertiary/aromatic N) is 3. The van der Waals surface area contributed by atoms with E-state index in [0.717, 1.165) is 6.42 Å². The van der Waals surface area contributed by atoms with E-state index in [9.17, 15) is 18.0 Å². The molecule has 9 heteroatoms. The Morgan fingerprint density at radius 2 is 2.08 bits per heavy atom. The van der Waals surface area contributed by atoms with Crippen LogP contribution in [-0.4, -0.2) is 39.5 Å². The predicted octanol–water partition coefficient (Wildman–Crippen LogP) is 2.54. The Hall–Kier alpha value is -2.32. The largest absolute Gasteiger partial charge is 0.408 e. The molecule has 2 aromatic rings. The van der Waals surface area contributed by atoms with E-state index in [1.807, 2.05) is 0 Å². The molecule has 2 aromatic heterocycles. The second-order valence-corrected chi connectivity index (χ2v) is 5.95. The summed E-state index contributed by atoms with van der Waals surface area (Å²) in [5.41, 5.74) is 0.379. The average molecular weight is 341 g/mol. The molecule has 3 rings (SSSR count). The molecule has 0 aliphatic heterocycles. The van der Waals surface area contributed by atoms with Gasteiger partial charge in [-0.1, -0.05) is 6.42 Å². The van der Waals surface area contributed by atoms with Gasteiger partial charge in [0.2, 0.25) is 5.95 Å². The second-order valence-electron chi connectivity index (χ2n) is 5.95. The number of carbonyl (C=O) groups excluding carboxylic acids is 1. The molecule has 1 aliphatic rings. The first kappa shape index (κ1) is 16.5. The fraction of sp³-hybridized carbons (Fsp3) is 0.533. The maximum Gasteiger partial charge on any atom is 0.408 e. The molecule has 6 nitrogen and oxygen atoms in total. The first-order chi connectivity index (χ1) is 11.3. The van der Waals surface area contributed by atoms with Crippen molar-refractivity contribution in [2.45, 2.75) is 38.4 Å². The van der Waals surface area contributed by atoms with Crippen molar-refractivity contribution in [1.29, 1.82) is 0 Å². The Morgan fingerprint density at radius 3 is 2.62 bits per heavy atom. The summed E-state index contributed by atoms with van der Waals surface area (Å²) in [4.78, 5) is 20.8. The molecule has 1 aliphatic carbocycles. The van der Waals surface area contributed by atoms with Gasteiger partial charge in [0, 0.05) is 13.2 Å². The minimum absolute atomic E-state index is 0.102. The summed E-state index contributed by atoms with van der Waals surface area (Å²) in [5.74, 6) is -0.437. The van der Waals surface area contributed by atoms with E-state index in [1.54, 1.807) is 20.2 Å². The summed E-state index contributed by atoms with van der Waals surface area (Å²) >= 11 is 0. The Morgan fingerprint density at radius 1 is 1.38 bits per heavy atom. The fourth-order valence-electron chi connectivity index (χ4n) is 2.91. The number of fused-ring (bicyclic) bond motifs is 1. The van der Waals surface area contributed by atoms with E-state index in [2.05, 4.69) is 20.6 Å². The molecule has 0 saturated heterocycles. The number of amides is 1. The van der Waals surface area contributed by atoms with Gasteiger partial charge >= 0.3 is 6.18 Å². The van der Waals surface area contributed by atoms with Crippen molar-refractivity contribution in [2.75, 3.05) is 12.4 Å². The lowest BCUT2D eigenvalue weighted by Crippen LogP contribution is -2.52. The minimum atomic E-state index is -4.46. The Balaban J connectivity index is 1.92. The molecule has 1 saturated carbocycles. The Bertz CT molecular complexity index is 766. The van der Waals surface area contributed by atoms with Gasteiger partial charge in [0.25, 0.3) is 5.91 Å². The summed E-state index contributed by atoms with van der Waals surface area (Å²) < 4.78 is 41.2. The van der Waals surface area contributed by atoms with Crippen LogP contribution in [0.3, 0.4) is 0 Å². The topological polar surface area (TPSA) is 71.3 Å². The molecule has 1 fully saturated rings. The van der Waals surface area contributed by atoms with Crippen LogP contribution < -0.4 is 10.6 Å². The first-order valence-corrected chi connectivity index (χ1v) is 7.72. The monoisotopic (exact) mass is 341 g/mol. The zero-order valence-electron chi connectivity index (χ0n) is 13.3. The van der Waals surface area contributed by atoms with Gasteiger partial charge in [0.05, 0.1) is 5.56 Å². The summed E-state index contributed by atoms with van der Waals surface area (Å²) in [5, 5.41) is 5.02. The van der Waals surface area contributed by atoms with Crippen molar-refractivity contribution in [2.24, 2.45) is 5.92 Å². The smallest absolute Gasteiger partial charge is 0.358 e. The van der Waals surface area contributed by atoms with Gasteiger partial charge in [0.15, 0.2) is 5.65 Å². The van der Waals surface area contributed by atoms with Gasteiger partial charge in [-0.05, 0) is 31.7 Å². The zero-order valence-corrected chi connectivity index (χ0v) is 13.3. The predicted molar refractivity (Wildman–Crippen MR) is 81.9 cm³/mol. The summed E-state index contributed by atoms with van der Waals surface area (Å²) in [7, 11) is 1.66. The molecule has 130 valence electrons. The highest BCUT2D eigenvalue weighted by Gasteiger charge is 2.47. The molecule has 1 amide bonds. The number of hydrogen-bond donors (Lipinski definition) is 2. The van der Waals surface area contributed by atoms with E-state index in [-0.39, 0.29) is 11.2 Å². The molecule has 2 N–H and O–H groups in total. The van der Waals surface area contributed by atoms with Crippen LogP contribution in [0.5, 0.6) is 0 Å². The van der Waals surface area contributed by atoms with Gasteiger partial charge < -0.3 is 10.6 Å². The van der Waals surface area contributed by atoms with E-state index in [0.29, 0.717) is 24.6 Å². The lowest BCUT2D eigenvalue weighted by Gasteiger charge is -2.35. The van der Waals surface area contributed by atoms with Crippen molar-refractivity contribution in [3.63, 3.8) is 0 Å². The molecule has 0 aromatic carbocycles. The Kier molecular flexibility index (Phi) is 4.10. The third-order valence-corrected chi connectivity index (χ3v) is 4.35. The highest BCUT2D eigenvalue weighted by molar-refractivity contribution is 6.00. The molecule has 2 heterocycles. The van der Waals surface area contributed by atoms with Gasteiger partial charge in [-0.2, -0.15) is 18.2 Å². The van der Waals surface area contributed by atoms with Crippen molar-refractivity contribution in [1.82, 2.24) is 19.7 Å². The number of nitrogens with one attached hydrogen (secondary N) is 2. The molecule has 0 spiro atoms. The fourth-order valence-corrected chi connectivity index (χ4v) is 2.91. The molecule has 24 heavy (non-hydrogen) atoms. The minimum Gasteiger partial charge on any atom is -0.358 e. The molecule has 0 bridgehead atoms. The lowest BCUT2D eigenvalue weighted by atomic mass is 9.79. The highest BCUT2D eigenvalue weighted by atomic mass is 19.4. The summed E-state index contributed by atoms with van der Waals surface area (Å²) in [6.45, 7) is 1.66. The third kappa shape index (κ3) is 2.90. The van der Waals surface area contributed by atoms with E-state index >= 15 is 0 Å². The average Bonchev–Trinajstić information content (AvgIpc) is 2.86. The van der Waals surface area contributed by atoms with E-state index in [4.69, 9.17) is 0 Å². The van der Waals surface area contributed by atoms with Gasteiger partial charge in [-0.3, -0.25) is 9.20 Å². The van der Waals surface area contributed by atoms with Crippen LogP contribution in [-0.2, 0) is 0 Å². The zero-order chi connectivity index (χ0) is 17.5. The van der Waals surface area contributed by atoms with Crippen LogP contribution in [0.25, 0.3) is 5.65 Å². The molecule has 0 radical (unpaired) electrons. The van der Waals surface area contributed by atoms with E-state index in [1.165, 1.54) is 10.5 Å². The van der Waals surface area contributed by atoms with Crippen LogP contribution in [0.1, 0.15) is 35.4 Å². The van der Waals surface area contributed by atoms with Gasteiger partial charge in [0.1, 0.15) is 11.9 Å². The van der Waals surface area contributed by atoms with Gasteiger partial charge in [-0.15, -0.1) is 0 Å². The standard InChI is InChI=1S/C15H18F3N5O/c1-8-20-12-10(6-7-23(12)14(19-2)21-8)13(24)22-11(15(16,17)18)9-4-3-5-9/h6-7,9,11H,3-5H2,1-2H3,(H,22,24)(H,19,20,21). The molecule has 1 unspecified atom stereocenters. The first-order valence-electron chi connectivity index (χ1n) is 7.72. The number of alkyl halides is 3. The quantitative estimate of drug-likeness (QED) is 0.896. The lowest BCUT2D eigenvalue weighted by molar-refractivity contribution is -0.171. The number of halogens is 3. The number of aryl methyl sites for hydroxylation is 1. The summed E-state index contributed by atoms with van der Waals surface area (Å²) in [6.07, 6.45) is -1.18. The number of anilines is 1.